The Balaban J connectivity index is 1.37. The Morgan fingerprint density at radius 2 is 1.93 bits per heavy atom. The highest BCUT2D eigenvalue weighted by Gasteiger charge is 2.29. The van der Waals surface area contributed by atoms with Crippen molar-refractivity contribution in [3.05, 3.63) is 72.1 Å². The lowest BCUT2D eigenvalue weighted by Crippen LogP contribution is -2.48. The summed E-state index contributed by atoms with van der Waals surface area (Å²) in [5.74, 6) is 0.813. The van der Waals surface area contributed by atoms with Crippen molar-refractivity contribution in [2.45, 2.75) is 31.6 Å². The largest absolute Gasteiger partial charge is 0.487 e. The van der Waals surface area contributed by atoms with Crippen LogP contribution >= 0.6 is 0 Å². The number of rotatable bonds is 6. The minimum absolute atomic E-state index is 0.193. The molecule has 1 fully saturated rings. The number of ether oxygens (including phenoxy) is 1. The third kappa shape index (κ3) is 4.33. The summed E-state index contributed by atoms with van der Waals surface area (Å²) >= 11 is 0. The maximum atomic E-state index is 10.7. The van der Waals surface area contributed by atoms with Crippen molar-refractivity contribution in [3.63, 3.8) is 0 Å². The minimum atomic E-state index is -0.512. The van der Waals surface area contributed by atoms with Crippen LogP contribution in [0.25, 0.3) is 10.8 Å². The van der Waals surface area contributed by atoms with E-state index in [0.29, 0.717) is 13.1 Å². The van der Waals surface area contributed by atoms with Crippen molar-refractivity contribution in [3.8, 4) is 5.75 Å². The van der Waals surface area contributed by atoms with Gasteiger partial charge in [0.05, 0.1) is 0 Å². The summed E-state index contributed by atoms with van der Waals surface area (Å²) in [4.78, 5) is 6.45. The van der Waals surface area contributed by atoms with Gasteiger partial charge in [-0.05, 0) is 42.6 Å². The van der Waals surface area contributed by atoms with E-state index in [-0.39, 0.29) is 6.10 Å². The molecule has 2 heterocycles. The van der Waals surface area contributed by atoms with Gasteiger partial charge in [0.2, 0.25) is 0 Å². The smallest absolute Gasteiger partial charge is 0.127 e. The fourth-order valence-electron chi connectivity index (χ4n) is 3.85. The van der Waals surface area contributed by atoms with Crippen molar-refractivity contribution < 1.29 is 9.84 Å². The molecule has 1 saturated heterocycles. The molecule has 5 heteroatoms. The lowest BCUT2D eigenvalue weighted by Gasteiger charge is -2.36. The molecule has 0 aliphatic carbocycles. The van der Waals surface area contributed by atoms with Gasteiger partial charge in [-0.3, -0.25) is 9.88 Å². The predicted molar refractivity (Wildman–Crippen MR) is 111 cm³/mol. The van der Waals surface area contributed by atoms with Crippen molar-refractivity contribution in [2.24, 2.45) is 5.73 Å². The molecule has 1 aliphatic heterocycles. The lowest BCUT2D eigenvalue weighted by molar-refractivity contribution is -0.0268. The van der Waals surface area contributed by atoms with Crippen LogP contribution in [0.15, 0.2) is 60.9 Å². The fourth-order valence-corrected chi connectivity index (χ4v) is 3.85. The fraction of sp³-hybridized carbons (Fsp3) is 0.348. The van der Waals surface area contributed by atoms with Crippen molar-refractivity contribution in [2.75, 3.05) is 19.6 Å². The summed E-state index contributed by atoms with van der Waals surface area (Å²) in [6, 6.07) is 16.5. The Morgan fingerprint density at radius 3 is 2.71 bits per heavy atom. The Bertz CT molecular complexity index is 908. The number of piperidine rings is 1. The Kier molecular flexibility index (Phi) is 5.86. The highest BCUT2D eigenvalue weighted by Crippen LogP contribution is 2.28. The molecule has 3 N–H and O–H groups in total. The maximum Gasteiger partial charge on any atom is 0.127 e. The Hall–Kier alpha value is -2.47. The highest BCUT2D eigenvalue weighted by atomic mass is 16.5. The summed E-state index contributed by atoms with van der Waals surface area (Å²) in [5.41, 5.74) is 8.14. The first-order valence-electron chi connectivity index (χ1n) is 9.90. The molecule has 4 rings (SSSR count). The molecule has 2 aromatic carbocycles. The second-order valence-corrected chi connectivity index (χ2v) is 7.46. The van der Waals surface area contributed by atoms with Crippen LogP contribution in [0.1, 0.15) is 17.5 Å². The predicted octanol–water partition coefficient (Wildman–Crippen LogP) is 2.75. The number of nitrogens with two attached hydrogens (primary N) is 1. The third-order valence-electron chi connectivity index (χ3n) is 5.39. The van der Waals surface area contributed by atoms with E-state index in [9.17, 15) is 5.11 Å². The van der Waals surface area contributed by atoms with Gasteiger partial charge < -0.3 is 15.6 Å². The van der Waals surface area contributed by atoms with Gasteiger partial charge in [-0.15, -0.1) is 0 Å². The quantitative estimate of drug-likeness (QED) is 0.691. The molecule has 0 spiro atoms. The van der Waals surface area contributed by atoms with Gasteiger partial charge in [0.25, 0.3) is 0 Å². The van der Waals surface area contributed by atoms with Crippen molar-refractivity contribution >= 4 is 10.8 Å². The van der Waals surface area contributed by atoms with E-state index in [0.717, 1.165) is 42.5 Å². The normalized spacial score (nSPS) is 20.4. The van der Waals surface area contributed by atoms with Crippen LogP contribution in [0.5, 0.6) is 5.75 Å². The number of fused-ring (bicyclic) bond motifs is 1. The summed E-state index contributed by atoms with van der Waals surface area (Å²) in [6.07, 6.45) is 4.61. The number of benzene rings is 2. The molecule has 1 aliphatic rings. The molecule has 0 amide bonds. The third-order valence-corrected chi connectivity index (χ3v) is 5.39. The summed E-state index contributed by atoms with van der Waals surface area (Å²) < 4.78 is 6.21. The molecular weight excluding hydrogens is 350 g/mol. The van der Waals surface area contributed by atoms with E-state index in [4.69, 9.17) is 10.5 Å². The monoisotopic (exact) mass is 377 g/mol. The first-order valence-corrected chi connectivity index (χ1v) is 9.90. The number of β-amino-alcohol motifs (C(OH)–C–C–N with tert-alkyl or cyclic N) is 1. The number of hydrogen-bond acceptors (Lipinski definition) is 5. The first kappa shape index (κ1) is 18.9. The number of pyridine rings is 1. The first-order chi connectivity index (χ1) is 13.7. The van der Waals surface area contributed by atoms with Gasteiger partial charge in [0.1, 0.15) is 18.0 Å². The van der Waals surface area contributed by atoms with Crippen LogP contribution in [-0.4, -0.2) is 46.8 Å². The number of aliphatic hydroxyl groups excluding tert-OH is 1. The van der Waals surface area contributed by atoms with Crippen molar-refractivity contribution in [1.82, 2.24) is 9.88 Å². The van der Waals surface area contributed by atoms with Crippen LogP contribution in [-0.2, 0) is 13.0 Å². The van der Waals surface area contributed by atoms with Gasteiger partial charge in [-0.2, -0.15) is 0 Å². The van der Waals surface area contributed by atoms with Crippen LogP contribution in [0.3, 0.4) is 0 Å². The zero-order valence-corrected chi connectivity index (χ0v) is 16.0. The molecule has 5 nitrogen and oxygen atoms in total. The molecule has 2 atom stereocenters. The highest BCUT2D eigenvalue weighted by molar-refractivity contribution is 5.87. The molecule has 0 saturated carbocycles. The van der Waals surface area contributed by atoms with E-state index in [1.165, 1.54) is 11.1 Å². The number of aliphatic hydroxyl groups is 1. The maximum absolute atomic E-state index is 10.7. The van der Waals surface area contributed by atoms with Crippen LogP contribution in [0.2, 0.25) is 0 Å². The van der Waals surface area contributed by atoms with Gasteiger partial charge in [-0.25, -0.2) is 0 Å². The summed E-state index contributed by atoms with van der Waals surface area (Å²) in [5, 5.41) is 12.8. The van der Waals surface area contributed by atoms with Crippen LogP contribution in [0.4, 0.5) is 0 Å². The van der Waals surface area contributed by atoms with E-state index in [1.54, 1.807) is 6.20 Å². The van der Waals surface area contributed by atoms with Gasteiger partial charge >= 0.3 is 0 Å². The molecule has 3 aromatic rings. The second-order valence-electron chi connectivity index (χ2n) is 7.46. The molecule has 1 aromatic heterocycles. The van der Waals surface area contributed by atoms with Crippen LogP contribution in [0, 0.1) is 0 Å². The molecule has 146 valence electrons. The summed E-state index contributed by atoms with van der Waals surface area (Å²) in [7, 11) is 0. The Labute approximate surface area is 165 Å². The lowest BCUT2D eigenvalue weighted by atomic mass is 10.0. The molecule has 0 unspecified atom stereocenters. The summed E-state index contributed by atoms with van der Waals surface area (Å²) in [6.45, 7) is 3.03. The number of nitrogens with zero attached hydrogens (tertiary/aromatic N) is 2. The zero-order valence-electron chi connectivity index (χ0n) is 16.0. The van der Waals surface area contributed by atoms with Gasteiger partial charge in [0, 0.05) is 42.8 Å². The van der Waals surface area contributed by atoms with Crippen molar-refractivity contribution in [1.29, 1.82) is 0 Å². The van der Waals surface area contributed by atoms with Crippen LogP contribution < -0.4 is 10.5 Å². The number of likely N-dealkylation sites (tertiary alicyclic amines) is 1. The van der Waals surface area contributed by atoms with E-state index >= 15 is 0 Å². The molecular formula is C23H27N3O2. The molecule has 28 heavy (non-hydrogen) atoms. The SMILES string of the molecule is NCCc1ccc(CN2CC[C@@H](Oc3cccc4cnccc34)[C@H](O)C2)cc1. The van der Waals surface area contributed by atoms with Gasteiger partial charge in [0.15, 0.2) is 0 Å². The zero-order chi connectivity index (χ0) is 19.3. The number of hydrogen-bond donors (Lipinski definition) is 2. The Morgan fingerprint density at radius 1 is 1.11 bits per heavy atom. The van der Waals surface area contributed by atoms with E-state index in [2.05, 4.69) is 34.1 Å². The average Bonchev–Trinajstić information content (AvgIpc) is 2.72. The second kappa shape index (κ2) is 8.69. The number of aromatic nitrogens is 1. The average molecular weight is 377 g/mol. The van der Waals surface area contributed by atoms with E-state index in [1.807, 2.05) is 30.5 Å². The standard InChI is InChI=1S/C23H27N3O2/c24-11-8-17-4-6-18(7-5-17)15-26-13-10-23(21(27)16-26)28-22-3-1-2-19-14-25-12-9-20(19)22/h1-7,9,12,14,21,23,27H,8,10-11,13,15-16,24H2/t21-,23-/m1/s1. The molecule has 0 bridgehead atoms. The topological polar surface area (TPSA) is 71.6 Å². The minimum Gasteiger partial charge on any atom is -0.487 e. The molecule has 0 radical (unpaired) electrons. The van der Waals surface area contributed by atoms with Gasteiger partial charge in [-0.1, -0.05) is 36.4 Å². The van der Waals surface area contributed by atoms with E-state index < -0.39 is 6.10 Å².